The van der Waals surface area contributed by atoms with E-state index in [0.717, 1.165) is 0 Å². The highest BCUT2D eigenvalue weighted by Crippen LogP contribution is 2.26. The fourth-order valence-corrected chi connectivity index (χ4v) is 1.23. The number of rotatable bonds is 2. The van der Waals surface area contributed by atoms with Gasteiger partial charge in [0.25, 0.3) is 0 Å². The van der Waals surface area contributed by atoms with Gasteiger partial charge in [0.15, 0.2) is 5.06 Å². The van der Waals surface area contributed by atoms with E-state index >= 15 is 0 Å². The third-order valence-electron chi connectivity index (χ3n) is 1.46. The molecule has 0 atom stereocenters. The quantitative estimate of drug-likeness (QED) is 0.382. The Morgan fingerprint density at radius 1 is 1.13 bits per heavy atom. The van der Waals surface area contributed by atoms with Crippen molar-refractivity contribution in [2.24, 2.45) is 0 Å². The van der Waals surface area contributed by atoms with E-state index in [-0.39, 0.29) is 17.9 Å². The Kier molecular flexibility index (Phi) is 2.85. The highest BCUT2D eigenvalue weighted by atomic mass is 32.2. The smallest absolute Gasteiger partial charge is 0.221 e. The molecule has 1 heterocycles. The van der Waals surface area contributed by atoms with Gasteiger partial charge >= 0.3 is 27.4 Å². The summed E-state index contributed by atoms with van der Waals surface area (Å²) in [5, 5.41) is -0.386. The van der Waals surface area contributed by atoms with Crippen molar-refractivity contribution in [1.29, 1.82) is 0 Å². The number of carbonyl (C=O) groups is 2. The zero-order valence-corrected chi connectivity index (χ0v) is 7.76. The zero-order valence-electron chi connectivity index (χ0n) is 6.94. The van der Waals surface area contributed by atoms with Crippen LogP contribution in [0.25, 0.3) is 0 Å². The van der Waals surface area contributed by atoms with Gasteiger partial charge in [0.1, 0.15) is 0 Å². The van der Waals surface area contributed by atoms with E-state index in [4.69, 9.17) is 0 Å². The van der Waals surface area contributed by atoms with E-state index in [1.165, 1.54) is 0 Å². The van der Waals surface area contributed by atoms with Gasteiger partial charge in [-0.15, -0.1) is 0 Å². The lowest BCUT2D eigenvalue weighted by Gasteiger charge is -2.03. The number of hydroxylamine groups is 2. The Balaban J connectivity index is 2.87. The number of alkyl halides is 3. The minimum absolute atomic E-state index is 0.369. The van der Waals surface area contributed by atoms with Crippen LogP contribution in [0.2, 0.25) is 0 Å². The molecule has 0 aromatic rings. The SMILES string of the molecule is O=C1CCC(=O)[N+]1OS(=O)(=O)C(F)(F)F. The van der Waals surface area contributed by atoms with Crippen LogP contribution in [0.5, 0.6) is 0 Å². The summed E-state index contributed by atoms with van der Waals surface area (Å²) >= 11 is 0. The maximum absolute atomic E-state index is 11.8. The Labute approximate surface area is 81.7 Å². The van der Waals surface area contributed by atoms with Crippen molar-refractivity contribution in [2.75, 3.05) is 0 Å². The molecule has 1 aliphatic heterocycles. The summed E-state index contributed by atoms with van der Waals surface area (Å²) in [6.45, 7) is 0. The first-order chi connectivity index (χ1) is 6.65. The van der Waals surface area contributed by atoms with Crippen LogP contribution in [0, 0.1) is 0 Å². The monoisotopic (exact) mass is 247 g/mol. The first-order valence-corrected chi connectivity index (χ1v) is 4.92. The van der Waals surface area contributed by atoms with E-state index in [1.807, 2.05) is 0 Å². The number of imide groups is 1. The molecule has 0 aromatic heterocycles. The predicted octanol–water partition coefficient (Wildman–Crippen LogP) is -0.245. The van der Waals surface area contributed by atoms with Gasteiger partial charge in [-0.05, 0) is 0 Å². The molecule has 0 bridgehead atoms. The molecule has 1 rings (SSSR count). The van der Waals surface area contributed by atoms with Crippen LogP contribution in [0.4, 0.5) is 13.2 Å². The highest BCUT2D eigenvalue weighted by molar-refractivity contribution is 7.87. The van der Waals surface area contributed by atoms with Crippen molar-refractivity contribution >= 4 is 21.9 Å². The second-order valence-corrected chi connectivity index (χ2v) is 4.08. The largest absolute Gasteiger partial charge is 0.528 e. The molecule has 15 heavy (non-hydrogen) atoms. The summed E-state index contributed by atoms with van der Waals surface area (Å²) in [7, 11) is -5.96. The van der Waals surface area contributed by atoms with E-state index in [9.17, 15) is 31.2 Å². The molecule has 0 spiro atoms. The Bertz CT molecular complexity index is 383. The highest BCUT2D eigenvalue weighted by Gasteiger charge is 2.57. The van der Waals surface area contributed by atoms with Crippen LogP contribution in [0.15, 0.2) is 0 Å². The van der Waals surface area contributed by atoms with Crippen LogP contribution < -0.4 is 5.06 Å². The molecule has 1 fully saturated rings. The minimum Gasteiger partial charge on any atom is -0.221 e. The number of amides is 2. The predicted molar refractivity (Wildman–Crippen MR) is 37.4 cm³/mol. The van der Waals surface area contributed by atoms with Crippen molar-refractivity contribution < 1.29 is 35.5 Å². The number of nitrogens with zero attached hydrogens (tertiary/aromatic N) is 1. The number of hydrogen-bond donors (Lipinski definition) is 0. The standard InChI is InChI=1S/C5H4F3NO5S/c6-5(7,8)15(12,13)14-9-3(10)1-2-4(9)11/h1-2H2/q+1. The second-order valence-electron chi connectivity index (χ2n) is 2.56. The molecular weight excluding hydrogens is 243 g/mol. The van der Waals surface area contributed by atoms with E-state index in [1.54, 1.807) is 0 Å². The Morgan fingerprint density at radius 2 is 1.53 bits per heavy atom. The minimum atomic E-state index is -5.96. The lowest BCUT2D eigenvalue weighted by molar-refractivity contribution is -0.149. The molecule has 85 valence electrons. The Morgan fingerprint density at radius 3 is 1.87 bits per heavy atom. The van der Waals surface area contributed by atoms with Crippen molar-refractivity contribution in [1.82, 2.24) is 5.06 Å². The third-order valence-corrected chi connectivity index (χ3v) is 2.37. The zero-order chi connectivity index (χ0) is 11.9. The average molecular weight is 247 g/mol. The fraction of sp³-hybridized carbons (Fsp3) is 0.600. The molecule has 0 saturated carbocycles. The van der Waals surface area contributed by atoms with Gasteiger partial charge in [-0.1, -0.05) is 0 Å². The maximum Gasteiger partial charge on any atom is 0.528 e. The fourth-order valence-electron chi connectivity index (χ4n) is 0.780. The molecule has 0 aromatic carbocycles. The Hall–Kier alpha value is -1.00. The van der Waals surface area contributed by atoms with Gasteiger partial charge in [0.05, 0.1) is 12.8 Å². The van der Waals surface area contributed by atoms with Gasteiger partial charge in [-0.2, -0.15) is 21.6 Å². The number of hydrogen-bond acceptors (Lipinski definition) is 5. The van der Waals surface area contributed by atoms with Gasteiger partial charge in [-0.25, -0.2) is 9.59 Å². The van der Waals surface area contributed by atoms with Crippen LogP contribution >= 0.6 is 0 Å². The summed E-state index contributed by atoms with van der Waals surface area (Å²) in [4.78, 5) is 21.5. The average Bonchev–Trinajstić information content (AvgIpc) is 2.33. The lowest BCUT2D eigenvalue weighted by atomic mass is 10.4. The number of halogens is 3. The molecule has 1 saturated heterocycles. The molecule has 0 aliphatic carbocycles. The van der Waals surface area contributed by atoms with Crippen molar-refractivity contribution in [2.45, 2.75) is 18.3 Å². The molecule has 2 amide bonds. The molecule has 10 heteroatoms. The third kappa shape index (κ3) is 2.33. The normalized spacial score (nSPS) is 19.9. The van der Waals surface area contributed by atoms with Crippen molar-refractivity contribution in [3.63, 3.8) is 0 Å². The summed E-state index contributed by atoms with van der Waals surface area (Å²) in [5.74, 6) is -2.24. The summed E-state index contributed by atoms with van der Waals surface area (Å²) < 4.78 is 59.5. The first kappa shape index (κ1) is 12.1. The van der Waals surface area contributed by atoms with Crippen LogP contribution in [-0.4, -0.2) is 25.7 Å². The van der Waals surface area contributed by atoms with Gasteiger partial charge in [0.2, 0.25) is 0 Å². The molecule has 1 aliphatic rings. The topological polar surface area (TPSA) is 83.4 Å². The van der Waals surface area contributed by atoms with E-state index < -0.39 is 27.4 Å². The summed E-state index contributed by atoms with van der Waals surface area (Å²) in [6, 6.07) is 0. The van der Waals surface area contributed by atoms with E-state index in [2.05, 4.69) is 4.28 Å². The summed E-state index contributed by atoms with van der Waals surface area (Å²) in [6.07, 6.45) is -0.738. The van der Waals surface area contributed by atoms with Gasteiger partial charge in [0, 0.05) is 4.28 Å². The van der Waals surface area contributed by atoms with Crippen LogP contribution in [0.3, 0.4) is 0 Å². The van der Waals surface area contributed by atoms with Gasteiger partial charge < -0.3 is 0 Å². The van der Waals surface area contributed by atoms with Crippen LogP contribution in [0.1, 0.15) is 12.8 Å². The van der Waals surface area contributed by atoms with Gasteiger partial charge in [-0.3, -0.25) is 0 Å². The maximum atomic E-state index is 11.8. The summed E-state index contributed by atoms with van der Waals surface area (Å²) in [5.41, 5.74) is -5.67. The lowest BCUT2D eigenvalue weighted by Crippen LogP contribution is -2.41. The van der Waals surface area contributed by atoms with Crippen molar-refractivity contribution in [3.05, 3.63) is 0 Å². The second kappa shape index (κ2) is 3.54. The van der Waals surface area contributed by atoms with E-state index in [0.29, 0.717) is 0 Å². The number of carbonyl (C=O) groups excluding carboxylic acids is 2. The molecule has 0 N–H and O–H groups in total. The molecular formula is C5H4F3NO5S+. The van der Waals surface area contributed by atoms with Crippen molar-refractivity contribution in [3.8, 4) is 0 Å². The van der Waals surface area contributed by atoms with Crippen LogP contribution in [-0.2, 0) is 24.0 Å². The molecule has 0 unspecified atom stereocenters. The molecule has 6 nitrogen and oxygen atoms in total. The first-order valence-electron chi connectivity index (χ1n) is 3.52. The molecule has 1 radical (unpaired) electrons.